The van der Waals surface area contributed by atoms with Crippen LogP contribution in [-0.4, -0.2) is 184 Å². The van der Waals surface area contributed by atoms with Crippen molar-refractivity contribution >= 4 is 47.3 Å². The molecule has 3 N–H and O–H groups in total. The van der Waals surface area contributed by atoms with Crippen LogP contribution < -0.4 is 16.0 Å². The third kappa shape index (κ3) is 17.9. The van der Waals surface area contributed by atoms with Gasteiger partial charge in [0, 0.05) is 53.6 Å². The fourth-order valence-electron chi connectivity index (χ4n) is 9.43. The average molecular weight is 1000 g/mol. The first-order chi connectivity index (χ1) is 33.7. The number of likely N-dealkylation sites (N-methyl/N-ethyl adjacent to an activating group) is 2. The Morgan fingerprint density at radius 3 is 1.99 bits per heavy atom. The molecule has 0 bridgehead atoms. The van der Waals surface area contributed by atoms with Gasteiger partial charge in [0.1, 0.15) is 12.1 Å². The lowest BCUT2D eigenvalue weighted by Gasteiger charge is -2.41. The zero-order valence-corrected chi connectivity index (χ0v) is 44.2. The lowest BCUT2D eigenvalue weighted by molar-refractivity contribution is -0.198. The molecular formula is C51H83N7O13. The summed E-state index contributed by atoms with van der Waals surface area (Å²) in [6.45, 7) is 14.5. The fraction of sp³-hybridized carbons (Fsp3) is 0.725. The number of ether oxygens (including phenoxy) is 4. The molecule has 0 aromatic heterocycles. The van der Waals surface area contributed by atoms with Crippen LogP contribution in [0.25, 0.3) is 0 Å². The Morgan fingerprint density at radius 1 is 0.789 bits per heavy atom. The summed E-state index contributed by atoms with van der Waals surface area (Å²) < 4.78 is 23.0. The summed E-state index contributed by atoms with van der Waals surface area (Å²) in [5.41, 5.74) is 0.830. The molecule has 1 aromatic carbocycles. The number of carbonyl (C=O) groups is 8. The number of hydrogen-bond acceptors (Lipinski definition) is 14. The van der Waals surface area contributed by atoms with Crippen LogP contribution in [0.2, 0.25) is 0 Å². The molecule has 20 nitrogen and oxygen atoms in total. The quantitative estimate of drug-likeness (QED) is 0.0718. The molecule has 2 unspecified atom stereocenters. The lowest BCUT2D eigenvalue weighted by atomic mass is 9.89. The van der Waals surface area contributed by atoms with E-state index in [0.29, 0.717) is 30.9 Å². The number of rotatable bonds is 31. The molecule has 400 valence electrons. The number of carbonyl (C=O) groups excluding carboxylic acids is 8. The van der Waals surface area contributed by atoms with Crippen molar-refractivity contribution in [3.05, 3.63) is 35.9 Å². The molecule has 0 radical (unpaired) electrons. The molecule has 2 saturated heterocycles. The molecule has 1 aromatic rings. The van der Waals surface area contributed by atoms with Crippen LogP contribution in [0.4, 0.5) is 0 Å². The van der Waals surface area contributed by atoms with Gasteiger partial charge in [0.05, 0.1) is 75.5 Å². The fourth-order valence-corrected chi connectivity index (χ4v) is 9.43. The Labute approximate surface area is 420 Å². The van der Waals surface area contributed by atoms with Crippen molar-refractivity contribution in [1.29, 1.82) is 0 Å². The summed E-state index contributed by atoms with van der Waals surface area (Å²) in [5, 5.41) is 9.30. The highest BCUT2D eigenvalue weighted by molar-refractivity contribution is 6.01. The van der Waals surface area contributed by atoms with Gasteiger partial charge >= 0.3 is 5.97 Å². The number of hydrogen-bond donors (Lipinski definition) is 3. The van der Waals surface area contributed by atoms with Gasteiger partial charge < -0.3 is 49.5 Å². The van der Waals surface area contributed by atoms with E-state index in [9.17, 15) is 38.4 Å². The molecule has 0 aliphatic carbocycles. The van der Waals surface area contributed by atoms with E-state index in [1.54, 1.807) is 23.8 Å². The molecule has 0 spiro atoms. The van der Waals surface area contributed by atoms with Crippen LogP contribution in [0.1, 0.15) is 99.0 Å². The Balaban J connectivity index is 1.64. The van der Waals surface area contributed by atoms with Gasteiger partial charge in [-0.2, -0.15) is 0 Å². The van der Waals surface area contributed by atoms with Crippen molar-refractivity contribution in [2.24, 2.45) is 23.7 Å². The van der Waals surface area contributed by atoms with E-state index < -0.39 is 77.9 Å². The topological polar surface area (TPSA) is 232 Å². The lowest BCUT2D eigenvalue weighted by Crippen LogP contribution is -2.59. The summed E-state index contributed by atoms with van der Waals surface area (Å²) >= 11 is 0. The van der Waals surface area contributed by atoms with Crippen molar-refractivity contribution in [2.45, 2.75) is 142 Å². The van der Waals surface area contributed by atoms with E-state index in [1.807, 2.05) is 90.9 Å². The monoisotopic (exact) mass is 1000 g/mol. The highest BCUT2D eigenvalue weighted by Gasteiger charge is 2.44. The minimum absolute atomic E-state index is 0.00651. The highest BCUT2D eigenvalue weighted by Crippen LogP contribution is 2.30. The second kappa shape index (κ2) is 30.1. The number of imide groups is 1. The predicted molar refractivity (Wildman–Crippen MR) is 264 cm³/mol. The summed E-state index contributed by atoms with van der Waals surface area (Å²) in [6, 6.07) is 6.14. The maximum absolute atomic E-state index is 14.4. The summed E-state index contributed by atoms with van der Waals surface area (Å²) in [5.74, 6) is -4.48. The van der Waals surface area contributed by atoms with E-state index in [0.717, 1.165) is 5.56 Å². The normalized spacial score (nSPS) is 18.4. The standard InChI is InChI=1S/C51H83N7O13/c1-13-34(6)46(56(10)51(66)44(32(2)3)54-50(65)45(33(4)5)55(8)9)39(67-11)31-42(61)57-25-17-20-38(57)47(68-12)35(7)48(63)53-37(30-36-18-15-14-16-19-36)49(64)52-24-27-70-29-28-69-26-23-43(62)71-58-40(59)21-22-41(58)60/h14-16,18-19,32-35,37-39,44-47H,13,17,20-31H2,1-12H3,(H,52,64)(H,53,63)(H,54,65)/t34-,35-,37+,38+,39-,44?,45+,46+,47?/m1/s1. The summed E-state index contributed by atoms with van der Waals surface area (Å²) in [6.07, 6.45) is 0.574. The minimum atomic E-state index is -0.951. The van der Waals surface area contributed by atoms with Gasteiger partial charge in [0.25, 0.3) is 11.8 Å². The second-order valence-electron chi connectivity index (χ2n) is 19.5. The number of amides is 7. The Morgan fingerprint density at radius 2 is 1.42 bits per heavy atom. The molecule has 0 saturated carbocycles. The van der Waals surface area contributed by atoms with Crippen molar-refractivity contribution in [2.75, 3.05) is 74.9 Å². The van der Waals surface area contributed by atoms with Gasteiger partial charge in [-0.25, -0.2) is 4.79 Å². The van der Waals surface area contributed by atoms with E-state index in [1.165, 1.54) is 14.2 Å². The Bertz CT molecular complexity index is 1880. The molecule has 9 atom stereocenters. The molecular weight excluding hydrogens is 919 g/mol. The molecule has 2 fully saturated rings. The van der Waals surface area contributed by atoms with Crippen molar-refractivity contribution in [1.82, 2.24) is 35.7 Å². The molecule has 20 heteroatoms. The van der Waals surface area contributed by atoms with Crippen LogP contribution in [0.5, 0.6) is 0 Å². The number of nitrogens with zero attached hydrogens (tertiary/aromatic N) is 4. The summed E-state index contributed by atoms with van der Waals surface area (Å²) in [7, 11) is 8.43. The smallest absolute Gasteiger partial charge is 0.335 e. The van der Waals surface area contributed by atoms with Crippen LogP contribution in [-0.2, 0) is 68.6 Å². The van der Waals surface area contributed by atoms with Gasteiger partial charge in [0.2, 0.25) is 29.5 Å². The van der Waals surface area contributed by atoms with Crippen LogP contribution in [0, 0.1) is 23.7 Å². The van der Waals surface area contributed by atoms with E-state index in [4.69, 9.17) is 23.8 Å². The molecule has 2 aliphatic rings. The first-order valence-electron chi connectivity index (χ1n) is 25.1. The summed E-state index contributed by atoms with van der Waals surface area (Å²) in [4.78, 5) is 115. The van der Waals surface area contributed by atoms with Crippen molar-refractivity contribution in [3.8, 4) is 0 Å². The molecule has 2 aliphatic heterocycles. The van der Waals surface area contributed by atoms with E-state index in [2.05, 4.69) is 16.0 Å². The third-order valence-corrected chi connectivity index (χ3v) is 13.4. The van der Waals surface area contributed by atoms with E-state index >= 15 is 0 Å². The number of hydroxylamine groups is 2. The first kappa shape index (κ1) is 60.3. The number of methoxy groups -OCH3 is 2. The van der Waals surface area contributed by atoms with Crippen LogP contribution >= 0.6 is 0 Å². The molecule has 2 heterocycles. The van der Waals surface area contributed by atoms with Gasteiger partial charge in [-0.05, 0) is 50.3 Å². The van der Waals surface area contributed by atoms with Gasteiger partial charge in [-0.3, -0.25) is 38.5 Å². The second-order valence-corrected chi connectivity index (χ2v) is 19.5. The molecule has 71 heavy (non-hydrogen) atoms. The Hall–Kier alpha value is -5.02. The largest absolute Gasteiger partial charge is 0.379 e. The predicted octanol–water partition coefficient (Wildman–Crippen LogP) is 2.51. The zero-order chi connectivity index (χ0) is 52.9. The molecule has 7 amide bonds. The average Bonchev–Trinajstić information content (AvgIpc) is 3.94. The minimum Gasteiger partial charge on any atom is -0.379 e. The zero-order valence-electron chi connectivity index (χ0n) is 44.2. The Kier molecular flexibility index (Phi) is 25.6. The number of nitrogens with one attached hydrogen (secondary N) is 3. The first-order valence-corrected chi connectivity index (χ1v) is 25.1. The van der Waals surface area contributed by atoms with E-state index in [-0.39, 0.29) is 101 Å². The maximum atomic E-state index is 14.4. The van der Waals surface area contributed by atoms with Gasteiger partial charge in [-0.1, -0.05) is 85.2 Å². The van der Waals surface area contributed by atoms with Crippen LogP contribution in [0.15, 0.2) is 30.3 Å². The van der Waals surface area contributed by atoms with Crippen molar-refractivity contribution in [3.63, 3.8) is 0 Å². The maximum Gasteiger partial charge on any atom is 0.335 e. The van der Waals surface area contributed by atoms with Gasteiger partial charge in [-0.15, -0.1) is 5.06 Å². The number of likely N-dealkylation sites (tertiary alicyclic amines) is 1. The molecule has 3 rings (SSSR count). The highest BCUT2D eigenvalue weighted by atomic mass is 16.7. The third-order valence-electron chi connectivity index (χ3n) is 13.4. The van der Waals surface area contributed by atoms with Crippen molar-refractivity contribution < 1.29 is 62.1 Å². The number of benzene rings is 1. The SMILES string of the molecule is CC[C@@H](C)[C@@H]([C@@H](CC(=O)N1CCC[C@H]1C(OC)[C@@H](C)C(=O)N[C@@H](Cc1ccccc1)C(=O)NCCOCCOCCC(=O)ON1C(=O)CCC1=O)OC)N(C)C(=O)C(NC(=O)[C@H](C(C)C)N(C)C)C(C)C. The van der Waals surface area contributed by atoms with Gasteiger partial charge in [0.15, 0.2) is 0 Å². The van der Waals surface area contributed by atoms with Crippen LogP contribution in [0.3, 0.4) is 0 Å².